The lowest BCUT2D eigenvalue weighted by Gasteiger charge is -2.05. The minimum Gasteiger partial charge on any atom is -0.401 e. The van der Waals surface area contributed by atoms with Crippen molar-refractivity contribution in [3.05, 3.63) is 41.6 Å². The number of hydrogen-bond donors (Lipinski definition) is 2. The molecule has 2 heterocycles. The molecule has 0 radical (unpaired) electrons. The second-order valence-corrected chi connectivity index (χ2v) is 4.75. The van der Waals surface area contributed by atoms with Gasteiger partial charge < -0.3 is 9.73 Å². The topological polar surface area (TPSA) is 97.9 Å². The third-order valence-electron chi connectivity index (χ3n) is 2.70. The number of amides is 2. The van der Waals surface area contributed by atoms with Gasteiger partial charge in [0.1, 0.15) is 5.69 Å². The molecule has 2 amide bonds. The minimum absolute atomic E-state index is 0.0368. The number of carbonyl (C=O) groups is 1. The van der Waals surface area contributed by atoms with Crippen molar-refractivity contribution in [2.24, 2.45) is 7.05 Å². The van der Waals surface area contributed by atoms with E-state index in [9.17, 15) is 4.79 Å². The predicted octanol–water partition coefficient (Wildman–Crippen LogP) is 2.77. The zero-order valence-electron chi connectivity index (χ0n) is 11.4. The molecule has 0 atom stereocenters. The number of hydrogen-bond acceptors (Lipinski definition) is 5. The molecule has 0 unspecified atom stereocenters. The van der Waals surface area contributed by atoms with E-state index in [2.05, 4.69) is 25.9 Å². The number of halogens is 1. The van der Waals surface area contributed by atoms with Crippen LogP contribution in [0.3, 0.4) is 0 Å². The summed E-state index contributed by atoms with van der Waals surface area (Å²) in [4.78, 5) is 11.9. The predicted molar refractivity (Wildman–Crippen MR) is 80.6 cm³/mol. The first-order valence-corrected chi connectivity index (χ1v) is 6.65. The molecule has 0 saturated heterocycles. The summed E-state index contributed by atoms with van der Waals surface area (Å²) in [5.74, 6) is 0.216. The average molecular weight is 319 g/mol. The Kier molecular flexibility index (Phi) is 3.75. The van der Waals surface area contributed by atoms with Crippen LogP contribution in [0.1, 0.15) is 0 Å². The largest absolute Gasteiger partial charge is 0.401 e. The molecule has 0 saturated carbocycles. The summed E-state index contributed by atoms with van der Waals surface area (Å²) in [6.45, 7) is 0. The second kappa shape index (κ2) is 5.86. The molecule has 0 bridgehead atoms. The van der Waals surface area contributed by atoms with Gasteiger partial charge in [-0.15, -0.1) is 5.10 Å². The van der Waals surface area contributed by atoms with Crippen LogP contribution in [-0.4, -0.2) is 26.0 Å². The number of benzene rings is 1. The lowest BCUT2D eigenvalue weighted by molar-refractivity contribution is 0.261. The molecule has 3 rings (SSSR count). The lowest BCUT2D eigenvalue weighted by atomic mass is 10.3. The van der Waals surface area contributed by atoms with Crippen molar-refractivity contribution in [1.82, 2.24) is 20.0 Å². The van der Waals surface area contributed by atoms with Crippen LogP contribution in [0.2, 0.25) is 5.02 Å². The molecule has 0 spiro atoms. The smallest absolute Gasteiger partial charge is 0.327 e. The molecule has 3 aromatic rings. The summed E-state index contributed by atoms with van der Waals surface area (Å²) in [5.41, 5.74) is 1.00. The zero-order valence-corrected chi connectivity index (χ0v) is 12.2. The first-order valence-electron chi connectivity index (χ1n) is 6.28. The van der Waals surface area contributed by atoms with Crippen molar-refractivity contribution in [2.75, 3.05) is 10.6 Å². The summed E-state index contributed by atoms with van der Waals surface area (Å²) in [6, 6.07) is 8.02. The van der Waals surface area contributed by atoms with Crippen molar-refractivity contribution in [2.45, 2.75) is 0 Å². The Hall–Kier alpha value is -2.87. The number of aryl methyl sites for hydroxylation is 1. The standard InChI is InChI=1S/C13H11ClN6O2/c1-20-7-6-10(19-20)11-17-18-13(22-11)16-12(21)15-9-5-3-2-4-8(9)14/h2-7H,1H3,(H2,15,16,18,21). The summed E-state index contributed by atoms with van der Waals surface area (Å²) in [7, 11) is 1.77. The van der Waals surface area contributed by atoms with Gasteiger partial charge in [0.2, 0.25) is 0 Å². The fourth-order valence-electron chi connectivity index (χ4n) is 1.72. The molecule has 0 fully saturated rings. The third-order valence-corrected chi connectivity index (χ3v) is 3.03. The minimum atomic E-state index is -0.538. The number of nitrogens with zero attached hydrogens (tertiary/aromatic N) is 4. The third kappa shape index (κ3) is 3.07. The molecule has 0 aliphatic carbocycles. The Bertz CT molecular complexity index is 812. The van der Waals surface area contributed by atoms with E-state index in [1.165, 1.54) is 0 Å². The average Bonchev–Trinajstić information content (AvgIpc) is 3.10. The summed E-state index contributed by atoms with van der Waals surface area (Å²) < 4.78 is 6.93. The summed E-state index contributed by atoms with van der Waals surface area (Å²) >= 11 is 5.95. The first-order chi connectivity index (χ1) is 10.6. The maximum absolute atomic E-state index is 11.9. The molecule has 112 valence electrons. The normalized spacial score (nSPS) is 10.5. The highest BCUT2D eigenvalue weighted by Crippen LogP contribution is 2.21. The van der Waals surface area contributed by atoms with E-state index < -0.39 is 6.03 Å². The number of aromatic nitrogens is 4. The fourth-order valence-corrected chi connectivity index (χ4v) is 1.90. The van der Waals surface area contributed by atoms with Gasteiger partial charge >= 0.3 is 12.0 Å². The molecule has 9 heteroatoms. The molecule has 1 aromatic carbocycles. The van der Waals surface area contributed by atoms with E-state index in [-0.39, 0.29) is 11.9 Å². The Balaban J connectivity index is 1.67. The van der Waals surface area contributed by atoms with Gasteiger partial charge in [0.15, 0.2) is 0 Å². The molecule has 22 heavy (non-hydrogen) atoms. The highest BCUT2D eigenvalue weighted by Gasteiger charge is 2.13. The molecular weight excluding hydrogens is 308 g/mol. The number of rotatable bonds is 3. The van der Waals surface area contributed by atoms with Gasteiger partial charge in [-0.2, -0.15) is 5.10 Å². The molecular formula is C13H11ClN6O2. The molecule has 0 aliphatic heterocycles. The van der Waals surface area contributed by atoms with Crippen molar-refractivity contribution in [3.8, 4) is 11.6 Å². The lowest BCUT2D eigenvalue weighted by Crippen LogP contribution is -2.19. The van der Waals surface area contributed by atoms with Gasteiger partial charge in [-0.05, 0) is 18.2 Å². The number of nitrogens with one attached hydrogen (secondary N) is 2. The van der Waals surface area contributed by atoms with Crippen molar-refractivity contribution < 1.29 is 9.21 Å². The molecule has 2 N–H and O–H groups in total. The van der Waals surface area contributed by atoms with Crippen LogP contribution in [0.15, 0.2) is 40.9 Å². The van der Waals surface area contributed by atoms with Crippen molar-refractivity contribution in [1.29, 1.82) is 0 Å². The number of para-hydroxylation sites is 1. The quantitative estimate of drug-likeness (QED) is 0.773. The highest BCUT2D eigenvalue weighted by atomic mass is 35.5. The van der Waals surface area contributed by atoms with Crippen LogP contribution < -0.4 is 10.6 Å². The monoisotopic (exact) mass is 318 g/mol. The van der Waals surface area contributed by atoms with Crippen LogP contribution in [-0.2, 0) is 7.05 Å². The SMILES string of the molecule is Cn1ccc(-c2nnc(NC(=O)Nc3ccccc3Cl)o2)n1. The molecule has 2 aromatic heterocycles. The van der Waals surface area contributed by atoms with Crippen LogP contribution >= 0.6 is 11.6 Å². The van der Waals surface area contributed by atoms with Crippen LogP contribution in [0.4, 0.5) is 16.5 Å². The van der Waals surface area contributed by atoms with Crippen LogP contribution in [0.5, 0.6) is 0 Å². The van der Waals surface area contributed by atoms with E-state index in [0.717, 1.165) is 0 Å². The van der Waals surface area contributed by atoms with Gasteiger partial charge in [0, 0.05) is 13.2 Å². The van der Waals surface area contributed by atoms with Gasteiger partial charge in [-0.1, -0.05) is 28.8 Å². The molecule has 8 nitrogen and oxygen atoms in total. The van der Waals surface area contributed by atoms with E-state index in [1.807, 2.05) is 0 Å². The van der Waals surface area contributed by atoms with E-state index in [1.54, 1.807) is 48.3 Å². The van der Waals surface area contributed by atoms with Crippen LogP contribution in [0, 0.1) is 0 Å². The number of carbonyl (C=O) groups excluding carboxylic acids is 1. The van der Waals surface area contributed by atoms with Crippen molar-refractivity contribution >= 4 is 29.3 Å². The van der Waals surface area contributed by atoms with Gasteiger partial charge in [0.25, 0.3) is 5.89 Å². The fraction of sp³-hybridized carbons (Fsp3) is 0.0769. The number of anilines is 2. The molecule has 0 aliphatic rings. The van der Waals surface area contributed by atoms with E-state index in [0.29, 0.717) is 16.4 Å². The zero-order chi connectivity index (χ0) is 15.5. The Morgan fingerprint density at radius 3 is 2.77 bits per heavy atom. The number of urea groups is 1. The first kappa shape index (κ1) is 14.1. The summed E-state index contributed by atoms with van der Waals surface area (Å²) in [5, 5.41) is 17.1. The maximum atomic E-state index is 11.9. The van der Waals surface area contributed by atoms with E-state index >= 15 is 0 Å². The van der Waals surface area contributed by atoms with Crippen molar-refractivity contribution in [3.63, 3.8) is 0 Å². The van der Waals surface area contributed by atoms with Gasteiger partial charge in [0.05, 0.1) is 10.7 Å². The van der Waals surface area contributed by atoms with Gasteiger partial charge in [-0.3, -0.25) is 10.00 Å². The van der Waals surface area contributed by atoms with Gasteiger partial charge in [-0.25, -0.2) is 4.79 Å². The van der Waals surface area contributed by atoms with Crippen LogP contribution in [0.25, 0.3) is 11.6 Å². The Labute approximate surface area is 130 Å². The highest BCUT2D eigenvalue weighted by molar-refractivity contribution is 6.33. The second-order valence-electron chi connectivity index (χ2n) is 4.35. The summed E-state index contributed by atoms with van der Waals surface area (Å²) in [6.07, 6.45) is 1.75. The Morgan fingerprint density at radius 1 is 1.23 bits per heavy atom. The van der Waals surface area contributed by atoms with E-state index in [4.69, 9.17) is 16.0 Å². The maximum Gasteiger partial charge on any atom is 0.327 e. The Morgan fingerprint density at radius 2 is 2.05 bits per heavy atom.